The van der Waals surface area contributed by atoms with Crippen LogP contribution in [0.3, 0.4) is 0 Å². The molecule has 2 aromatic rings. The molecular weight excluding hydrogens is 464 g/mol. The fourth-order valence-electron chi connectivity index (χ4n) is 3.66. The average Bonchev–Trinajstić information content (AvgIpc) is 2.84. The molecule has 3 rings (SSSR count). The summed E-state index contributed by atoms with van der Waals surface area (Å²) in [6.07, 6.45) is -0.775. The molecule has 1 heterocycles. The SMILES string of the molecule is COCCOC(=O)N1CCC(NS(=O)(=O)c2ccc(-c3ccc(OC)cc3)cc2)(C(=O)O)CC1. The van der Waals surface area contributed by atoms with Crippen molar-refractivity contribution < 1.29 is 37.3 Å². The molecule has 2 aromatic carbocycles. The van der Waals surface area contributed by atoms with Gasteiger partial charge in [-0.15, -0.1) is 0 Å². The molecule has 0 radical (unpaired) electrons. The molecule has 1 aliphatic rings. The molecule has 1 amide bonds. The van der Waals surface area contributed by atoms with Crippen LogP contribution in [0.4, 0.5) is 4.79 Å². The maximum absolute atomic E-state index is 13.0. The minimum absolute atomic E-state index is 0.0387. The van der Waals surface area contributed by atoms with Crippen LogP contribution in [-0.2, 0) is 24.3 Å². The second kappa shape index (κ2) is 10.9. The van der Waals surface area contributed by atoms with Gasteiger partial charge in [-0.05, 0) is 48.2 Å². The number of rotatable bonds is 9. The van der Waals surface area contributed by atoms with E-state index in [4.69, 9.17) is 14.2 Å². The lowest BCUT2D eigenvalue weighted by atomic mass is 9.89. The molecule has 0 saturated carbocycles. The Labute approximate surface area is 198 Å². The number of sulfonamides is 1. The molecule has 1 aliphatic heterocycles. The number of piperidine rings is 1. The van der Waals surface area contributed by atoms with Crippen LogP contribution in [0.25, 0.3) is 11.1 Å². The number of carboxylic acids is 1. The smallest absolute Gasteiger partial charge is 0.409 e. The molecule has 1 saturated heterocycles. The van der Waals surface area contributed by atoms with Crippen LogP contribution in [0.2, 0.25) is 0 Å². The van der Waals surface area contributed by atoms with E-state index < -0.39 is 27.6 Å². The van der Waals surface area contributed by atoms with Gasteiger partial charge in [0.1, 0.15) is 17.9 Å². The van der Waals surface area contributed by atoms with Gasteiger partial charge in [-0.1, -0.05) is 24.3 Å². The molecule has 1 fully saturated rings. The normalized spacial score (nSPS) is 15.5. The third-order valence-corrected chi connectivity index (χ3v) is 7.27. The van der Waals surface area contributed by atoms with Crippen LogP contribution in [-0.4, -0.2) is 76.5 Å². The number of carbonyl (C=O) groups excluding carboxylic acids is 1. The fraction of sp³-hybridized carbons (Fsp3) is 0.391. The van der Waals surface area contributed by atoms with Crippen molar-refractivity contribution >= 4 is 22.1 Å². The van der Waals surface area contributed by atoms with Gasteiger partial charge in [0.05, 0.1) is 18.6 Å². The largest absolute Gasteiger partial charge is 0.497 e. The first-order valence-corrected chi connectivity index (χ1v) is 12.1. The minimum Gasteiger partial charge on any atom is -0.497 e. The standard InChI is InChI=1S/C23H28N2O8S/c1-31-15-16-33-22(28)25-13-11-23(12-14-25,21(26)27)24-34(29,30)20-9-5-18(6-10-20)17-3-7-19(32-2)8-4-17/h3-10,24H,11-16H2,1-2H3,(H,26,27). The van der Waals surface area contributed by atoms with Gasteiger partial charge in [-0.2, -0.15) is 4.72 Å². The van der Waals surface area contributed by atoms with E-state index in [1.165, 1.54) is 24.1 Å². The number of carbonyl (C=O) groups is 2. The summed E-state index contributed by atoms with van der Waals surface area (Å²) in [5.74, 6) is -0.585. The molecule has 0 spiro atoms. The zero-order chi connectivity index (χ0) is 24.8. The van der Waals surface area contributed by atoms with Crippen molar-refractivity contribution in [3.8, 4) is 16.9 Å². The van der Waals surface area contributed by atoms with E-state index in [9.17, 15) is 23.1 Å². The van der Waals surface area contributed by atoms with Crippen LogP contribution < -0.4 is 9.46 Å². The summed E-state index contributed by atoms with van der Waals surface area (Å²) in [4.78, 5) is 25.5. The minimum atomic E-state index is -4.13. The summed E-state index contributed by atoms with van der Waals surface area (Å²) < 4.78 is 43.4. The van der Waals surface area contributed by atoms with Crippen LogP contribution in [0, 0.1) is 0 Å². The highest BCUT2D eigenvalue weighted by Crippen LogP contribution is 2.28. The number of amides is 1. The molecule has 0 unspecified atom stereocenters. The Kier molecular flexibility index (Phi) is 8.13. The topological polar surface area (TPSA) is 131 Å². The van der Waals surface area contributed by atoms with Crippen LogP contribution in [0.1, 0.15) is 12.8 Å². The van der Waals surface area contributed by atoms with E-state index in [0.717, 1.165) is 11.1 Å². The quantitative estimate of drug-likeness (QED) is 0.510. The Balaban J connectivity index is 1.70. The number of nitrogens with zero attached hydrogens (tertiary/aromatic N) is 1. The summed E-state index contributed by atoms with van der Waals surface area (Å²) in [7, 11) is -1.08. The summed E-state index contributed by atoms with van der Waals surface area (Å²) in [6, 6.07) is 13.5. The van der Waals surface area contributed by atoms with Crippen molar-refractivity contribution in [1.82, 2.24) is 9.62 Å². The highest BCUT2D eigenvalue weighted by molar-refractivity contribution is 7.89. The van der Waals surface area contributed by atoms with E-state index in [0.29, 0.717) is 5.75 Å². The molecule has 2 N–H and O–H groups in total. The van der Waals surface area contributed by atoms with Gasteiger partial charge < -0.3 is 24.2 Å². The van der Waals surface area contributed by atoms with Crippen molar-refractivity contribution in [2.24, 2.45) is 0 Å². The number of likely N-dealkylation sites (tertiary alicyclic amines) is 1. The Morgan fingerprint density at radius 2 is 1.53 bits per heavy atom. The molecular formula is C23H28N2O8S. The van der Waals surface area contributed by atoms with E-state index in [1.807, 2.05) is 12.1 Å². The number of ether oxygens (including phenoxy) is 3. The first-order valence-electron chi connectivity index (χ1n) is 10.6. The van der Waals surface area contributed by atoms with E-state index in [1.54, 1.807) is 31.4 Å². The molecule has 11 heteroatoms. The van der Waals surface area contributed by atoms with Crippen LogP contribution >= 0.6 is 0 Å². The van der Waals surface area contributed by atoms with Crippen molar-refractivity contribution in [2.75, 3.05) is 40.5 Å². The third-order valence-electron chi connectivity index (χ3n) is 5.72. The molecule has 0 atom stereocenters. The molecule has 184 valence electrons. The third kappa shape index (κ3) is 5.85. The van der Waals surface area contributed by atoms with E-state index in [2.05, 4.69) is 4.72 Å². The Bertz CT molecular complexity index is 1090. The molecule has 34 heavy (non-hydrogen) atoms. The number of benzene rings is 2. The zero-order valence-electron chi connectivity index (χ0n) is 19.0. The van der Waals surface area contributed by atoms with E-state index >= 15 is 0 Å². The van der Waals surface area contributed by atoms with E-state index in [-0.39, 0.29) is 44.0 Å². The van der Waals surface area contributed by atoms with Crippen molar-refractivity contribution in [3.05, 3.63) is 48.5 Å². The highest BCUT2D eigenvalue weighted by Gasteiger charge is 2.46. The van der Waals surface area contributed by atoms with Crippen molar-refractivity contribution in [3.63, 3.8) is 0 Å². The van der Waals surface area contributed by atoms with Crippen molar-refractivity contribution in [2.45, 2.75) is 23.3 Å². The van der Waals surface area contributed by atoms with Crippen LogP contribution in [0.5, 0.6) is 5.75 Å². The van der Waals surface area contributed by atoms with Gasteiger partial charge >= 0.3 is 12.1 Å². The average molecular weight is 493 g/mol. The summed E-state index contributed by atoms with van der Waals surface area (Å²) in [6.45, 7) is 0.402. The predicted molar refractivity (Wildman–Crippen MR) is 123 cm³/mol. The number of nitrogens with one attached hydrogen (secondary N) is 1. The summed E-state index contributed by atoms with van der Waals surface area (Å²) in [5.41, 5.74) is -0.0455. The molecule has 0 aliphatic carbocycles. The Hall–Kier alpha value is -3.15. The molecule has 0 aromatic heterocycles. The molecule has 10 nitrogen and oxygen atoms in total. The maximum Gasteiger partial charge on any atom is 0.409 e. The van der Waals surface area contributed by atoms with Gasteiger partial charge in [0.2, 0.25) is 10.0 Å². The molecule has 0 bridgehead atoms. The monoisotopic (exact) mass is 492 g/mol. The van der Waals surface area contributed by atoms with Gasteiger partial charge in [0.15, 0.2) is 0 Å². The first-order chi connectivity index (χ1) is 16.2. The number of carboxylic acid groups (broad SMARTS) is 1. The fourth-order valence-corrected chi connectivity index (χ4v) is 5.08. The lowest BCUT2D eigenvalue weighted by molar-refractivity contribution is -0.146. The van der Waals surface area contributed by atoms with Gasteiger partial charge in [-0.3, -0.25) is 4.79 Å². The number of hydrogen-bond acceptors (Lipinski definition) is 7. The second-order valence-electron chi connectivity index (χ2n) is 7.84. The summed E-state index contributed by atoms with van der Waals surface area (Å²) in [5, 5.41) is 9.84. The number of methoxy groups -OCH3 is 2. The first kappa shape index (κ1) is 25.5. The predicted octanol–water partition coefficient (Wildman–Crippen LogP) is 2.34. The van der Waals surface area contributed by atoms with Gasteiger partial charge in [0.25, 0.3) is 0 Å². The summed E-state index contributed by atoms with van der Waals surface area (Å²) >= 11 is 0. The van der Waals surface area contributed by atoms with Gasteiger partial charge in [-0.25, -0.2) is 13.2 Å². The Morgan fingerprint density at radius 1 is 0.971 bits per heavy atom. The van der Waals surface area contributed by atoms with Gasteiger partial charge in [0, 0.05) is 20.2 Å². The number of aliphatic carboxylic acids is 1. The Morgan fingerprint density at radius 3 is 2.03 bits per heavy atom. The lowest BCUT2D eigenvalue weighted by Gasteiger charge is -2.38. The highest BCUT2D eigenvalue weighted by atomic mass is 32.2. The second-order valence-corrected chi connectivity index (χ2v) is 9.52. The maximum atomic E-state index is 13.0. The van der Waals surface area contributed by atoms with Crippen molar-refractivity contribution in [1.29, 1.82) is 0 Å². The number of hydrogen-bond donors (Lipinski definition) is 2. The van der Waals surface area contributed by atoms with Crippen LogP contribution in [0.15, 0.2) is 53.4 Å². The zero-order valence-corrected chi connectivity index (χ0v) is 19.8. The lowest BCUT2D eigenvalue weighted by Crippen LogP contribution is -2.60.